The van der Waals surface area contributed by atoms with Crippen LogP contribution in [0.15, 0.2) is 53.7 Å². The minimum atomic E-state index is -0.554. The van der Waals surface area contributed by atoms with Gasteiger partial charge in [-0.3, -0.25) is 19.6 Å². The number of aromatic amines is 1. The number of amides is 1. The Hall–Kier alpha value is -3.66. The Labute approximate surface area is 177 Å². The second-order valence-electron chi connectivity index (χ2n) is 7.03. The first kappa shape index (κ1) is 20.6. The van der Waals surface area contributed by atoms with E-state index in [1.165, 1.54) is 36.8 Å². The fourth-order valence-electron chi connectivity index (χ4n) is 3.33. The fraction of sp³-hybridized carbons (Fsp3) is 0.286. The van der Waals surface area contributed by atoms with E-state index in [2.05, 4.69) is 25.3 Å². The molecule has 0 bridgehead atoms. The van der Waals surface area contributed by atoms with Gasteiger partial charge in [-0.25, -0.2) is 14.4 Å². The molecule has 1 aliphatic rings. The number of morpholine rings is 1. The largest absolute Gasteiger partial charge is 0.378 e. The highest BCUT2D eigenvalue weighted by Crippen LogP contribution is 2.19. The second-order valence-corrected chi connectivity index (χ2v) is 7.03. The van der Waals surface area contributed by atoms with Crippen molar-refractivity contribution in [3.8, 4) is 0 Å². The van der Waals surface area contributed by atoms with Crippen LogP contribution in [0.25, 0.3) is 0 Å². The first-order valence-electron chi connectivity index (χ1n) is 9.84. The van der Waals surface area contributed by atoms with Gasteiger partial charge in [0.25, 0.3) is 11.5 Å². The second kappa shape index (κ2) is 9.43. The Bertz CT molecular complexity index is 1080. The predicted molar refractivity (Wildman–Crippen MR) is 110 cm³/mol. The number of halogens is 1. The predicted octanol–water partition coefficient (Wildman–Crippen LogP) is 1.25. The van der Waals surface area contributed by atoms with E-state index in [4.69, 9.17) is 4.74 Å². The number of ether oxygens (including phenoxy) is 1. The minimum absolute atomic E-state index is 0.155. The van der Waals surface area contributed by atoms with Crippen LogP contribution in [-0.4, -0.2) is 52.1 Å². The van der Waals surface area contributed by atoms with Gasteiger partial charge in [0.15, 0.2) is 0 Å². The molecular formula is C21H21FN6O3. The summed E-state index contributed by atoms with van der Waals surface area (Å²) in [5, 5.41) is 2.89. The number of carbonyl (C=O) groups is 1. The highest BCUT2D eigenvalue weighted by Gasteiger charge is 2.20. The lowest BCUT2D eigenvalue weighted by atomic mass is 10.0. The van der Waals surface area contributed by atoms with Crippen LogP contribution in [-0.2, 0) is 11.2 Å². The highest BCUT2D eigenvalue weighted by molar-refractivity contribution is 5.92. The fourth-order valence-corrected chi connectivity index (χ4v) is 3.33. The first-order chi connectivity index (χ1) is 15.1. The molecule has 10 heteroatoms. The zero-order chi connectivity index (χ0) is 21.6. The maximum atomic E-state index is 13.4. The Kier molecular flexibility index (Phi) is 6.27. The maximum Gasteiger partial charge on any atom is 0.271 e. The number of nitrogens with zero attached hydrogens (tertiary/aromatic N) is 4. The lowest BCUT2D eigenvalue weighted by Gasteiger charge is -2.27. The summed E-state index contributed by atoms with van der Waals surface area (Å²) in [7, 11) is 0. The van der Waals surface area contributed by atoms with Crippen LogP contribution in [0.4, 0.5) is 10.3 Å². The molecule has 0 saturated carbocycles. The van der Waals surface area contributed by atoms with Crippen molar-refractivity contribution in [2.24, 2.45) is 0 Å². The van der Waals surface area contributed by atoms with Crippen LogP contribution in [0.3, 0.4) is 0 Å². The van der Waals surface area contributed by atoms with Crippen LogP contribution < -0.4 is 15.8 Å². The maximum absolute atomic E-state index is 13.4. The summed E-state index contributed by atoms with van der Waals surface area (Å²) < 4.78 is 18.8. The van der Waals surface area contributed by atoms with E-state index in [9.17, 15) is 14.0 Å². The third-order valence-corrected chi connectivity index (χ3v) is 4.88. The number of anilines is 1. The van der Waals surface area contributed by atoms with Crippen LogP contribution in [0.2, 0.25) is 0 Å². The minimum Gasteiger partial charge on any atom is -0.378 e. The van der Waals surface area contributed by atoms with E-state index in [1.54, 1.807) is 12.1 Å². The molecule has 0 unspecified atom stereocenters. The van der Waals surface area contributed by atoms with Crippen molar-refractivity contribution in [1.82, 2.24) is 25.3 Å². The smallest absolute Gasteiger partial charge is 0.271 e. The van der Waals surface area contributed by atoms with Gasteiger partial charge in [-0.05, 0) is 17.7 Å². The third-order valence-electron chi connectivity index (χ3n) is 4.88. The van der Waals surface area contributed by atoms with Gasteiger partial charge in [-0.2, -0.15) is 0 Å². The summed E-state index contributed by atoms with van der Waals surface area (Å²) in [6.45, 7) is 2.36. The van der Waals surface area contributed by atoms with Crippen molar-refractivity contribution >= 4 is 11.9 Å². The standard InChI is InChI=1S/C21H21FN6O3/c22-15-3-1-14(2-4-15)17(26-20(30)18-13-23-5-6-24-18)11-16-12-19(29)27-21(25-16)28-7-9-31-10-8-28/h1-6,12-13,17H,7-11H2,(H,26,30)(H,25,27,29)/t17-/m1/s1. The average molecular weight is 424 g/mol. The summed E-state index contributed by atoms with van der Waals surface area (Å²) in [6, 6.07) is 6.67. The number of benzene rings is 1. The van der Waals surface area contributed by atoms with E-state index >= 15 is 0 Å². The van der Waals surface area contributed by atoms with Crippen LogP contribution in [0, 0.1) is 5.82 Å². The molecule has 1 aromatic carbocycles. The quantitative estimate of drug-likeness (QED) is 0.612. The molecule has 0 radical (unpaired) electrons. The van der Waals surface area contributed by atoms with Gasteiger partial charge in [-0.1, -0.05) is 12.1 Å². The van der Waals surface area contributed by atoms with Crippen molar-refractivity contribution in [3.63, 3.8) is 0 Å². The number of nitrogens with one attached hydrogen (secondary N) is 2. The Morgan fingerprint density at radius 2 is 2.00 bits per heavy atom. The molecule has 1 amide bonds. The lowest BCUT2D eigenvalue weighted by molar-refractivity contribution is 0.0930. The summed E-state index contributed by atoms with van der Waals surface area (Å²) in [5.41, 5.74) is 1.04. The molecule has 0 aliphatic carbocycles. The van der Waals surface area contributed by atoms with E-state index in [-0.39, 0.29) is 23.5 Å². The topological polar surface area (TPSA) is 113 Å². The van der Waals surface area contributed by atoms with Crippen LogP contribution >= 0.6 is 0 Å². The Morgan fingerprint density at radius 1 is 1.23 bits per heavy atom. The van der Waals surface area contributed by atoms with Crippen molar-refractivity contribution in [2.75, 3.05) is 31.2 Å². The van der Waals surface area contributed by atoms with Crippen LogP contribution in [0.1, 0.15) is 27.8 Å². The first-order valence-corrected chi connectivity index (χ1v) is 9.84. The zero-order valence-corrected chi connectivity index (χ0v) is 16.6. The van der Waals surface area contributed by atoms with Gasteiger partial charge < -0.3 is 15.0 Å². The SMILES string of the molecule is O=C(N[C@H](Cc1cc(=O)[nH]c(N2CCOCC2)n1)c1ccc(F)cc1)c1cnccn1. The number of hydrogen-bond donors (Lipinski definition) is 2. The van der Waals surface area contributed by atoms with Gasteiger partial charge in [0, 0.05) is 38.0 Å². The third kappa shape index (κ3) is 5.28. The van der Waals surface area contributed by atoms with E-state index in [1.807, 2.05) is 4.90 Å². The monoisotopic (exact) mass is 424 g/mol. The molecule has 9 nitrogen and oxygen atoms in total. The summed E-state index contributed by atoms with van der Waals surface area (Å²) in [4.78, 5) is 42.1. The molecule has 0 spiro atoms. The molecule has 160 valence electrons. The van der Waals surface area contributed by atoms with Gasteiger partial charge in [-0.15, -0.1) is 0 Å². The molecule has 2 aromatic heterocycles. The van der Waals surface area contributed by atoms with E-state index < -0.39 is 11.9 Å². The van der Waals surface area contributed by atoms with Crippen LogP contribution in [0.5, 0.6) is 0 Å². The Balaban J connectivity index is 1.61. The average Bonchev–Trinajstić information content (AvgIpc) is 2.80. The van der Waals surface area contributed by atoms with Crippen molar-refractivity contribution in [1.29, 1.82) is 0 Å². The molecule has 3 heterocycles. The number of aromatic nitrogens is 4. The van der Waals surface area contributed by atoms with Gasteiger partial charge >= 0.3 is 0 Å². The van der Waals surface area contributed by atoms with Crippen molar-refractivity contribution in [3.05, 3.63) is 82.0 Å². The van der Waals surface area contributed by atoms with E-state index in [0.717, 1.165) is 0 Å². The molecule has 1 atom stereocenters. The molecule has 1 saturated heterocycles. The Morgan fingerprint density at radius 3 is 2.71 bits per heavy atom. The zero-order valence-electron chi connectivity index (χ0n) is 16.6. The molecule has 31 heavy (non-hydrogen) atoms. The molecule has 2 N–H and O–H groups in total. The number of rotatable bonds is 6. The van der Waals surface area contributed by atoms with Crippen molar-refractivity contribution in [2.45, 2.75) is 12.5 Å². The van der Waals surface area contributed by atoms with Gasteiger partial charge in [0.05, 0.1) is 31.1 Å². The summed E-state index contributed by atoms with van der Waals surface area (Å²) in [5.74, 6) is -0.351. The number of hydrogen-bond acceptors (Lipinski definition) is 7. The highest BCUT2D eigenvalue weighted by atomic mass is 19.1. The molecule has 3 aromatic rings. The summed E-state index contributed by atoms with van der Waals surface area (Å²) >= 11 is 0. The molecule has 4 rings (SSSR count). The number of H-pyrrole nitrogens is 1. The molecule has 1 fully saturated rings. The summed E-state index contributed by atoms with van der Waals surface area (Å²) in [6.07, 6.45) is 4.49. The van der Waals surface area contributed by atoms with Gasteiger partial charge in [0.2, 0.25) is 5.95 Å². The van der Waals surface area contributed by atoms with Crippen molar-refractivity contribution < 1.29 is 13.9 Å². The molecular weight excluding hydrogens is 403 g/mol. The number of carbonyl (C=O) groups excluding carboxylic acids is 1. The molecule has 1 aliphatic heterocycles. The van der Waals surface area contributed by atoms with E-state index in [0.29, 0.717) is 43.5 Å². The lowest BCUT2D eigenvalue weighted by Crippen LogP contribution is -2.38. The van der Waals surface area contributed by atoms with Gasteiger partial charge in [0.1, 0.15) is 11.5 Å². The normalized spacial score (nSPS) is 14.8.